The van der Waals surface area contributed by atoms with Crippen LogP contribution in [-0.2, 0) is 9.16 Å². The van der Waals surface area contributed by atoms with Crippen molar-refractivity contribution < 1.29 is 23.8 Å². The minimum atomic E-state index is -2.10. The predicted octanol–water partition coefficient (Wildman–Crippen LogP) is 0.317. The molecule has 1 aromatic rings. The summed E-state index contributed by atoms with van der Waals surface area (Å²) in [6, 6.07) is 0. The van der Waals surface area contributed by atoms with Gasteiger partial charge in [-0.15, -0.1) is 0 Å². The Morgan fingerprint density at radius 1 is 1.32 bits per heavy atom. The Balaban J connectivity index is 2.18. The monoisotopic (exact) mass is 376 g/mol. The van der Waals surface area contributed by atoms with Crippen LogP contribution in [0.1, 0.15) is 27.0 Å². The summed E-state index contributed by atoms with van der Waals surface area (Å²) in [5, 5.41) is 20.3. The molecule has 10 heteroatoms. The summed E-state index contributed by atoms with van der Waals surface area (Å²) < 4.78 is 25.7. The summed E-state index contributed by atoms with van der Waals surface area (Å²) in [4.78, 5) is 24.7. The number of nitrogens with zero attached hydrogens (tertiary/aromatic N) is 1. The number of rotatable bonds is 4. The maximum Gasteiger partial charge on any atom is 0.330 e. The molecular formula is C15H25FN2O6Si. The smallest absolute Gasteiger partial charge is 0.330 e. The van der Waals surface area contributed by atoms with Gasteiger partial charge in [0.15, 0.2) is 14.5 Å². The van der Waals surface area contributed by atoms with E-state index in [1.807, 2.05) is 13.1 Å². The number of halogens is 1. The van der Waals surface area contributed by atoms with Gasteiger partial charge in [0.05, 0.1) is 12.8 Å². The van der Waals surface area contributed by atoms with E-state index in [1.165, 1.54) is 0 Å². The predicted molar refractivity (Wildman–Crippen MR) is 90.4 cm³/mol. The molecule has 0 saturated carbocycles. The minimum Gasteiger partial charge on any atom is -0.414 e. The van der Waals surface area contributed by atoms with Gasteiger partial charge in [0.2, 0.25) is 5.82 Å². The summed E-state index contributed by atoms with van der Waals surface area (Å²) in [7, 11) is -2.10. The molecule has 1 aliphatic heterocycles. The van der Waals surface area contributed by atoms with E-state index in [-0.39, 0.29) is 11.6 Å². The lowest BCUT2D eigenvalue weighted by Crippen LogP contribution is -2.44. The zero-order chi connectivity index (χ0) is 19.2. The van der Waals surface area contributed by atoms with Crippen LogP contribution in [-0.4, -0.2) is 53.0 Å². The van der Waals surface area contributed by atoms with Crippen molar-refractivity contribution in [1.82, 2.24) is 9.55 Å². The molecular weight excluding hydrogens is 351 g/mol. The zero-order valence-electron chi connectivity index (χ0n) is 14.9. The summed E-state index contributed by atoms with van der Waals surface area (Å²) in [5.74, 6) is -1.19. The first-order valence-electron chi connectivity index (χ1n) is 8.01. The molecule has 2 rings (SSSR count). The molecule has 8 nitrogen and oxygen atoms in total. The first-order valence-corrected chi connectivity index (χ1v) is 10.9. The number of aromatic amines is 1. The maximum atomic E-state index is 13.4. The Bertz CT molecular complexity index is 741. The largest absolute Gasteiger partial charge is 0.414 e. The van der Waals surface area contributed by atoms with E-state index in [9.17, 15) is 24.2 Å². The number of H-pyrrole nitrogens is 1. The number of hydrogen-bond donors (Lipinski definition) is 3. The Morgan fingerprint density at radius 2 is 1.92 bits per heavy atom. The second kappa shape index (κ2) is 6.76. The fourth-order valence-electron chi connectivity index (χ4n) is 2.25. The van der Waals surface area contributed by atoms with Gasteiger partial charge in [0, 0.05) is 0 Å². The van der Waals surface area contributed by atoms with Crippen LogP contribution in [0.2, 0.25) is 18.1 Å². The summed E-state index contributed by atoms with van der Waals surface area (Å²) in [6.07, 6.45) is -4.32. The molecule has 0 bridgehead atoms. The van der Waals surface area contributed by atoms with Gasteiger partial charge in [-0.1, -0.05) is 20.8 Å². The summed E-state index contributed by atoms with van der Waals surface area (Å²) >= 11 is 0. The third kappa shape index (κ3) is 3.92. The third-order valence-corrected chi connectivity index (χ3v) is 9.45. The van der Waals surface area contributed by atoms with E-state index < -0.39 is 49.9 Å². The van der Waals surface area contributed by atoms with Crippen molar-refractivity contribution in [2.24, 2.45) is 0 Å². The second-order valence-corrected chi connectivity index (χ2v) is 12.6. The van der Waals surface area contributed by atoms with Crippen LogP contribution in [0.5, 0.6) is 0 Å². The Hall–Kier alpha value is -1.33. The van der Waals surface area contributed by atoms with E-state index in [2.05, 4.69) is 20.8 Å². The molecule has 0 aliphatic carbocycles. The van der Waals surface area contributed by atoms with E-state index in [0.29, 0.717) is 6.20 Å². The van der Waals surface area contributed by atoms with Crippen molar-refractivity contribution in [2.75, 3.05) is 6.61 Å². The van der Waals surface area contributed by atoms with Crippen molar-refractivity contribution >= 4 is 8.32 Å². The first-order chi connectivity index (χ1) is 11.3. The van der Waals surface area contributed by atoms with Crippen LogP contribution >= 0.6 is 0 Å². The highest BCUT2D eigenvalue weighted by Crippen LogP contribution is 2.37. The van der Waals surface area contributed by atoms with Crippen LogP contribution < -0.4 is 11.2 Å². The van der Waals surface area contributed by atoms with Crippen LogP contribution in [0, 0.1) is 5.82 Å². The number of aliphatic hydroxyl groups is 2. The maximum absolute atomic E-state index is 13.4. The average molecular weight is 376 g/mol. The lowest BCUT2D eigenvalue weighted by Gasteiger charge is -2.37. The fraction of sp³-hybridized carbons (Fsp3) is 0.733. The van der Waals surface area contributed by atoms with Crippen LogP contribution in [0.3, 0.4) is 0 Å². The van der Waals surface area contributed by atoms with Gasteiger partial charge in [-0.05, 0) is 18.1 Å². The molecule has 2 heterocycles. The van der Waals surface area contributed by atoms with Gasteiger partial charge >= 0.3 is 5.69 Å². The molecule has 0 radical (unpaired) electrons. The standard InChI is InChI=1S/C15H25FN2O6Si/c1-15(2,3)25(4,5)23-7-9-10(19)11(20)13(24-9)18-6-8(16)12(21)17-14(18)22/h6,9-11,13,19-20H,7H2,1-5H3,(H,17,21,22)/t9-,10-,11-,13-/m1/s1. The number of aliphatic hydroxyl groups excluding tert-OH is 2. The van der Waals surface area contributed by atoms with Gasteiger partial charge in [-0.25, -0.2) is 4.79 Å². The highest BCUT2D eigenvalue weighted by Gasteiger charge is 2.46. The van der Waals surface area contributed by atoms with Gasteiger partial charge in [-0.3, -0.25) is 14.3 Å². The SMILES string of the molecule is CC(C)(C)[Si](C)(C)OC[C@H]1O[C@@H](n2cc(F)c(=O)[nH]c2=O)[C@H](O)[C@@H]1O. The van der Waals surface area contributed by atoms with Gasteiger partial charge in [-0.2, -0.15) is 4.39 Å². The second-order valence-electron chi connectivity index (χ2n) is 7.76. The lowest BCUT2D eigenvalue weighted by molar-refractivity contribution is -0.0535. The van der Waals surface area contributed by atoms with E-state index in [0.717, 1.165) is 4.57 Å². The van der Waals surface area contributed by atoms with Gasteiger partial charge in [0.1, 0.15) is 18.3 Å². The van der Waals surface area contributed by atoms with Crippen molar-refractivity contribution in [1.29, 1.82) is 0 Å². The number of nitrogens with one attached hydrogen (secondary N) is 1. The first kappa shape index (κ1) is 20.0. The summed E-state index contributed by atoms with van der Waals surface area (Å²) in [6.45, 7) is 10.3. The molecule has 0 amide bonds. The molecule has 0 aromatic carbocycles. The van der Waals surface area contributed by atoms with Gasteiger partial charge < -0.3 is 19.4 Å². The van der Waals surface area contributed by atoms with Crippen molar-refractivity contribution in [3.05, 3.63) is 32.9 Å². The Kier molecular flexibility index (Phi) is 5.41. The van der Waals surface area contributed by atoms with Crippen molar-refractivity contribution in [2.45, 2.75) is 63.4 Å². The summed E-state index contributed by atoms with van der Waals surface area (Å²) in [5.41, 5.74) is -2.10. The topological polar surface area (TPSA) is 114 Å². The molecule has 1 fully saturated rings. The number of hydrogen-bond acceptors (Lipinski definition) is 6. The molecule has 142 valence electrons. The average Bonchev–Trinajstić information content (AvgIpc) is 2.76. The van der Waals surface area contributed by atoms with E-state index in [4.69, 9.17) is 9.16 Å². The van der Waals surface area contributed by atoms with Crippen LogP contribution in [0.25, 0.3) is 0 Å². The third-order valence-electron chi connectivity index (χ3n) is 4.95. The van der Waals surface area contributed by atoms with Crippen molar-refractivity contribution in [3.63, 3.8) is 0 Å². The molecule has 3 N–H and O–H groups in total. The molecule has 4 atom stereocenters. The molecule has 0 unspecified atom stereocenters. The lowest BCUT2D eigenvalue weighted by atomic mass is 10.1. The molecule has 1 aromatic heterocycles. The van der Waals surface area contributed by atoms with E-state index in [1.54, 1.807) is 4.98 Å². The number of aromatic nitrogens is 2. The molecule has 0 spiro atoms. The van der Waals surface area contributed by atoms with E-state index >= 15 is 0 Å². The minimum absolute atomic E-state index is 0.0335. The Labute approximate surface area is 145 Å². The fourth-order valence-corrected chi connectivity index (χ4v) is 3.27. The van der Waals surface area contributed by atoms with Crippen molar-refractivity contribution in [3.8, 4) is 0 Å². The van der Waals surface area contributed by atoms with Crippen LogP contribution in [0.4, 0.5) is 4.39 Å². The van der Waals surface area contributed by atoms with Crippen LogP contribution in [0.15, 0.2) is 15.8 Å². The molecule has 1 aliphatic rings. The molecule has 1 saturated heterocycles. The quantitative estimate of drug-likeness (QED) is 0.652. The highest BCUT2D eigenvalue weighted by atomic mass is 28.4. The number of ether oxygens (including phenoxy) is 1. The highest BCUT2D eigenvalue weighted by molar-refractivity contribution is 6.74. The Morgan fingerprint density at radius 3 is 2.48 bits per heavy atom. The zero-order valence-corrected chi connectivity index (χ0v) is 15.9. The molecule has 25 heavy (non-hydrogen) atoms. The normalized spacial score (nSPS) is 27.7. The van der Waals surface area contributed by atoms with Gasteiger partial charge in [0.25, 0.3) is 5.56 Å².